The van der Waals surface area contributed by atoms with Crippen LogP contribution in [0.4, 0.5) is 0 Å². The van der Waals surface area contributed by atoms with E-state index in [4.69, 9.17) is 9.40 Å². The molecule has 0 unspecified atom stereocenters. The maximum absolute atomic E-state index is 6.48. The molecule has 1 aliphatic heterocycles. The largest absolute Gasteiger partial charge is 0.439 e. The zero-order chi connectivity index (χ0) is 18.2. The van der Waals surface area contributed by atoms with Gasteiger partial charge >= 0.3 is 0 Å². The van der Waals surface area contributed by atoms with Gasteiger partial charge in [0.15, 0.2) is 0 Å². The molecule has 130 valence electrons. The Bertz CT molecular complexity index is 1570. The van der Waals surface area contributed by atoms with Gasteiger partial charge in [0.05, 0.1) is 22.3 Å². The summed E-state index contributed by atoms with van der Waals surface area (Å²) in [4.78, 5) is 4.81. The van der Waals surface area contributed by atoms with Crippen molar-refractivity contribution >= 4 is 32.8 Å². The summed E-state index contributed by atoms with van der Waals surface area (Å²) in [5.74, 6) is 0.867. The second-order valence-corrected chi connectivity index (χ2v) is 7.23. The predicted molar refractivity (Wildman–Crippen MR) is 113 cm³/mol. The standard InChI is InChI=1S/C25H14N2O/c1-2-9-17-16(8-1)22-19-10-4-6-12-21(19)28-25(22)27-20-11-5-3-7-15(20)18-13-14-26-23(17)24(18)27/h1-14H. The van der Waals surface area contributed by atoms with Crippen LogP contribution in [0.5, 0.6) is 0 Å². The fourth-order valence-electron chi connectivity index (χ4n) is 4.68. The SMILES string of the molecule is c1ccc2c(c1)-c1c(oc3ccccc13)-n1c3ccccc3c3ccnc-2c31. The van der Waals surface area contributed by atoms with Crippen LogP contribution in [-0.4, -0.2) is 9.55 Å². The number of furan rings is 1. The Morgan fingerprint density at radius 3 is 2.36 bits per heavy atom. The predicted octanol–water partition coefficient (Wildman–Crippen LogP) is 6.57. The van der Waals surface area contributed by atoms with Crippen molar-refractivity contribution in [3.63, 3.8) is 0 Å². The average Bonchev–Trinajstić information content (AvgIpc) is 3.25. The monoisotopic (exact) mass is 358 g/mol. The van der Waals surface area contributed by atoms with Crippen molar-refractivity contribution in [3.05, 3.63) is 85.1 Å². The molecule has 0 bridgehead atoms. The average molecular weight is 358 g/mol. The summed E-state index contributed by atoms with van der Waals surface area (Å²) >= 11 is 0. The molecule has 0 atom stereocenters. The van der Waals surface area contributed by atoms with E-state index in [0.29, 0.717) is 0 Å². The highest BCUT2D eigenvalue weighted by molar-refractivity contribution is 6.16. The van der Waals surface area contributed by atoms with Gasteiger partial charge in [0.2, 0.25) is 5.88 Å². The van der Waals surface area contributed by atoms with Gasteiger partial charge in [-0.2, -0.15) is 0 Å². The molecule has 0 fully saturated rings. The van der Waals surface area contributed by atoms with Gasteiger partial charge in [-0.05, 0) is 23.8 Å². The van der Waals surface area contributed by atoms with Gasteiger partial charge in [0.1, 0.15) is 5.58 Å². The normalized spacial score (nSPS) is 12.3. The smallest absolute Gasteiger partial charge is 0.213 e. The summed E-state index contributed by atoms with van der Waals surface area (Å²) in [5.41, 5.74) is 7.58. The minimum atomic E-state index is 0.867. The van der Waals surface area contributed by atoms with Crippen molar-refractivity contribution in [3.8, 4) is 28.3 Å². The van der Waals surface area contributed by atoms with E-state index in [-0.39, 0.29) is 0 Å². The number of benzene rings is 3. The van der Waals surface area contributed by atoms with E-state index in [1.165, 1.54) is 10.8 Å². The van der Waals surface area contributed by atoms with E-state index in [1.807, 2.05) is 18.3 Å². The van der Waals surface area contributed by atoms with Gasteiger partial charge in [-0.25, -0.2) is 0 Å². The van der Waals surface area contributed by atoms with Crippen molar-refractivity contribution in [1.29, 1.82) is 0 Å². The Labute approximate surface area is 160 Å². The number of para-hydroxylation sites is 2. The molecule has 0 radical (unpaired) electrons. The molecule has 3 aromatic heterocycles. The highest BCUT2D eigenvalue weighted by Crippen LogP contribution is 2.48. The summed E-state index contributed by atoms with van der Waals surface area (Å²) < 4.78 is 8.73. The van der Waals surface area contributed by atoms with Crippen LogP contribution in [0.2, 0.25) is 0 Å². The minimum Gasteiger partial charge on any atom is -0.439 e. The van der Waals surface area contributed by atoms with E-state index in [2.05, 4.69) is 71.3 Å². The summed E-state index contributed by atoms with van der Waals surface area (Å²) in [7, 11) is 0. The third-order valence-corrected chi connectivity index (χ3v) is 5.81. The van der Waals surface area contributed by atoms with Crippen LogP contribution in [0.1, 0.15) is 0 Å². The lowest BCUT2D eigenvalue weighted by Gasteiger charge is -2.07. The maximum atomic E-state index is 6.48. The van der Waals surface area contributed by atoms with Gasteiger partial charge in [0.25, 0.3) is 0 Å². The summed E-state index contributed by atoms with van der Waals surface area (Å²) in [5, 5.41) is 3.54. The number of fused-ring (bicyclic) bond motifs is 10. The fourth-order valence-corrected chi connectivity index (χ4v) is 4.68. The molecule has 7 rings (SSSR count). The van der Waals surface area contributed by atoms with E-state index in [9.17, 15) is 0 Å². The van der Waals surface area contributed by atoms with Crippen LogP contribution in [-0.2, 0) is 0 Å². The molecule has 28 heavy (non-hydrogen) atoms. The van der Waals surface area contributed by atoms with Crippen LogP contribution >= 0.6 is 0 Å². The van der Waals surface area contributed by atoms with Crippen molar-refractivity contribution in [2.24, 2.45) is 0 Å². The number of rotatable bonds is 0. The van der Waals surface area contributed by atoms with Crippen LogP contribution in [0.25, 0.3) is 61.0 Å². The molecule has 3 nitrogen and oxygen atoms in total. The molecule has 0 amide bonds. The molecule has 6 aromatic rings. The Balaban J connectivity index is 1.85. The van der Waals surface area contributed by atoms with Crippen molar-refractivity contribution in [1.82, 2.24) is 9.55 Å². The highest BCUT2D eigenvalue weighted by atomic mass is 16.4. The van der Waals surface area contributed by atoms with Gasteiger partial charge in [0, 0.05) is 27.9 Å². The Hall–Kier alpha value is -3.85. The molecular formula is C25H14N2O. The van der Waals surface area contributed by atoms with E-state index < -0.39 is 0 Å². The molecule has 1 aliphatic rings. The molecule has 0 saturated carbocycles. The number of hydrogen-bond donors (Lipinski definition) is 0. The van der Waals surface area contributed by atoms with Crippen LogP contribution in [0.3, 0.4) is 0 Å². The molecule has 0 aliphatic carbocycles. The molecule has 3 aromatic carbocycles. The number of nitrogens with zero attached hydrogens (tertiary/aromatic N) is 2. The van der Waals surface area contributed by atoms with Crippen LogP contribution in [0, 0.1) is 0 Å². The number of hydrogen-bond acceptors (Lipinski definition) is 2. The second kappa shape index (κ2) is 4.90. The molecule has 0 N–H and O–H groups in total. The first-order chi connectivity index (χ1) is 13.9. The minimum absolute atomic E-state index is 0.867. The van der Waals surface area contributed by atoms with Gasteiger partial charge in [-0.15, -0.1) is 0 Å². The molecule has 3 heteroatoms. The third kappa shape index (κ3) is 1.58. The Kier molecular flexibility index (Phi) is 2.49. The summed E-state index contributed by atoms with van der Waals surface area (Å²) in [6, 6.07) is 27.4. The van der Waals surface area contributed by atoms with Crippen LogP contribution in [0.15, 0.2) is 89.5 Å². The van der Waals surface area contributed by atoms with Gasteiger partial charge in [-0.1, -0.05) is 60.7 Å². The second-order valence-electron chi connectivity index (χ2n) is 7.23. The first-order valence-corrected chi connectivity index (χ1v) is 9.41. The summed E-state index contributed by atoms with van der Waals surface area (Å²) in [6.07, 6.45) is 1.91. The van der Waals surface area contributed by atoms with Crippen molar-refractivity contribution in [2.45, 2.75) is 0 Å². The fraction of sp³-hybridized carbons (Fsp3) is 0. The van der Waals surface area contributed by atoms with Crippen molar-refractivity contribution in [2.75, 3.05) is 0 Å². The van der Waals surface area contributed by atoms with Gasteiger partial charge in [-0.3, -0.25) is 9.55 Å². The van der Waals surface area contributed by atoms with Crippen molar-refractivity contribution < 1.29 is 4.42 Å². The highest BCUT2D eigenvalue weighted by Gasteiger charge is 2.28. The zero-order valence-corrected chi connectivity index (χ0v) is 14.9. The van der Waals surface area contributed by atoms with E-state index in [1.54, 1.807) is 0 Å². The molecule has 0 spiro atoms. The van der Waals surface area contributed by atoms with Crippen LogP contribution < -0.4 is 0 Å². The molecule has 0 saturated heterocycles. The quantitative estimate of drug-likeness (QED) is 0.307. The topological polar surface area (TPSA) is 31.0 Å². The van der Waals surface area contributed by atoms with E-state index >= 15 is 0 Å². The summed E-state index contributed by atoms with van der Waals surface area (Å²) in [6.45, 7) is 0. The van der Waals surface area contributed by atoms with E-state index in [0.717, 1.165) is 50.3 Å². The first kappa shape index (κ1) is 14.2. The first-order valence-electron chi connectivity index (χ1n) is 9.41. The Morgan fingerprint density at radius 1 is 0.679 bits per heavy atom. The third-order valence-electron chi connectivity index (χ3n) is 5.81. The number of aromatic nitrogens is 2. The molecular weight excluding hydrogens is 344 g/mol. The lowest BCUT2D eigenvalue weighted by molar-refractivity contribution is 0.591. The zero-order valence-electron chi connectivity index (χ0n) is 14.9. The van der Waals surface area contributed by atoms with Gasteiger partial charge < -0.3 is 4.42 Å². The lowest BCUT2D eigenvalue weighted by Crippen LogP contribution is -1.93. The maximum Gasteiger partial charge on any atom is 0.213 e. The molecule has 4 heterocycles. The lowest BCUT2D eigenvalue weighted by atomic mass is 9.96. The Morgan fingerprint density at radius 2 is 1.43 bits per heavy atom. The number of pyridine rings is 1.